The fourth-order valence-corrected chi connectivity index (χ4v) is 2.84. The first-order chi connectivity index (χ1) is 7.83. The molecular weight excluding hydrogens is 244 g/mol. The Balaban J connectivity index is 1.52. The van der Waals surface area contributed by atoms with E-state index in [1.54, 1.807) is 0 Å². The van der Waals surface area contributed by atoms with E-state index in [4.69, 9.17) is 11.6 Å². The Morgan fingerprint density at radius 3 is 2.56 bits per heavy atom. The molecule has 3 rings (SSSR count). The molecule has 0 amide bonds. The number of hydrogen-bond donors (Lipinski definition) is 0. The van der Waals surface area contributed by atoms with Crippen molar-refractivity contribution in [2.45, 2.75) is 25.4 Å². The first-order valence-electron chi connectivity index (χ1n) is 5.76. The van der Waals surface area contributed by atoms with Gasteiger partial charge in [0.15, 0.2) is 0 Å². The molecule has 0 spiro atoms. The average Bonchev–Trinajstić information content (AvgIpc) is 3.07. The maximum Gasteiger partial charge on any atom is 0.138 e. The molecular formula is C10H15ClN4S. The second-order valence-corrected chi connectivity index (χ2v) is 5.89. The molecule has 2 aliphatic rings. The van der Waals surface area contributed by atoms with Crippen LogP contribution in [0.3, 0.4) is 0 Å². The molecule has 0 atom stereocenters. The van der Waals surface area contributed by atoms with Crippen molar-refractivity contribution in [1.29, 1.82) is 0 Å². The van der Waals surface area contributed by atoms with E-state index in [-0.39, 0.29) is 0 Å². The van der Waals surface area contributed by atoms with Crippen molar-refractivity contribution in [2.75, 3.05) is 26.2 Å². The minimum Gasteiger partial charge on any atom is -0.298 e. The summed E-state index contributed by atoms with van der Waals surface area (Å²) in [6, 6.07) is 0.895. The molecule has 88 valence electrons. The first-order valence-corrected chi connectivity index (χ1v) is 6.91. The summed E-state index contributed by atoms with van der Waals surface area (Å²) in [5, 5.41) is 4.06. The maximum atomic E-state index is 6.00. The maximum absolute atomic E-state index is 6.00. The Morgan fingerprint density at radius 2 is 2.00 bits per heavy atom. The van der Waals surface area contributed by atoms with Gasteiger partial charge in [-0.15, -0.1) is 5.10 Å². The van der Waals surface area contributed by atoms with Crippen molar-refractivity contribution in [1.82, 2.24) is 19.4 Å². The van der Waals surface area contributed by atoms with Gasteiger partial charge in [-0.05, 0) is 12.8 Å². The van der Waals surface area contributed by atoms with Gasteiger partial charge in [0.25, 0.3) is 0 Å². The van der Waals surface area contributed by atoms with Gasteiger partial charge in [0.05, 0.1) is 0 Å². The lowest BCUT2D eigenvalue weighted by atomic mass is 10.3. The number of hydrogen-bond acceptors (Lipinski definition) is 5. The molecule has 1 saturated carbocycles. The van der Waals surface area contributed by atoms with Gasteiger partial charge >= 0.3 is 0 Å². The largest absolute Gasteiger partial charge is 0.298 e. The highest BCUT2D eigenvalue weighted by molar-refractivity contribution is 7.10. The summed E-state index contributed by atoms with van der Waals surface area (Å²) in [7, 11) is 0. The van der Waals surface area contributed by atoms with Crippen LogP contribution >= 0.6 is 23.1 Å². The third-order valence-electron chi connectivity index (χ3n) is 3.35. The zero-order valence-corrected chi connectivity index (χ0v) is 10.7. The van der Waals surface area contributed by atoms with Crippen LogP contribution < -0.4 is 0 Å². The first kappa shape index (κ1) is 10.9. The molecule has 4 nitrogen and oxygen atoms in total. The van der Waals surface area contributed by atoms with Crippen LogP contribution in [0, 0.1) is 0 Å². The van der Waals surface area contributed by atoms with Gasteiger partial charge < -0.3 is 0 Å². The summed E-state index contributed by atoms with van der Waals surface area (Å²) in [4.78, 5) is 5.03. The lowest BCUT2D eigenvalue weighted by Gasteiger charge is -2.34. The van der Waals surface area contributed by atoms with Crippen LogP contribution in [0.25, 0.3) is 0 Å². The monoisotopic (exact) mass is 258 g/mol. The zero-order chi connectivity index (χ0) is 11.0. The summed E-state index contributed by atoms with van der Waals surface area (Å²) < 4.78 is 4.60. The Kier molecular flexibility index (Phi) is 3.11. The number of piperazine rings is 1. The Hall–Kier alpha value is -0.230. The van der Waals surface area contributed by atoms with Crippen molar-refractivity contribution in [2.24, 2.45) is 0 Å². The third kappa shape index (κ3) is 2.37. The van der Waals surface area contributed by atoms with Crippen LogP contribution in [0.4, 0.5) is 0 Å². The molecule has 1 aliphatic heterocycles. The van der Waals surface area contributed by atoms with Gasteiger partial charge in [-0.2, -0.15) is 0 Å². The highest BCUT2D eigenvalue weighted by atomic mass is 35.5. The van der Waals surface area contributed by atoms with Gasteiger partial charge in [-0.25, -0.2) is 0 Å². The zero-order valence-electron chi connectivity index (χ0n) is 9.10. The predicted molar refractivity (Wildman–Crippen MR) is 64.8 cm³/mol. The van der Waals surface area contributed by atoms with Crippen LogP contribution in [-0.2, 0) is 6.54 Å². The van der Waals surface area contributed by atoms with E-state index in [0.29, 0.717) is 0 Å². The number of rotatable bonds is 3. The minimum absolute atomic E-state index is 0.740. The third-order valence-corrected chi connectivity index (χ3v) is 4.34. The van der Waals surface area contributed by atoms with Crippen molar-refractivity contribution in [3.05, 3.63) is 10.0 Å². The topological polar surface area (TPSA) is 32.3 Å². The van der Waals surface area contributed by atoms with E-state index >= 15 is 0 Å². The highest BCUT2D eigenvalue weighted by Crippen LogP contribution is 2.28. The number of aromatic nitrogens is 2. The summed E-state index contributed by atoms with van der Waals surface area (Å²) in [5.74, 6) is 0. The standard InChI is InChI=1S/C10H15ClN4S/c11-10-9(12-13-16-10)7-14-3-5-15(6-4-14)8-1-2-8/h8H,1-7H2. The fourth-order valence-electron chi connectivity index (χ4n) is 2.23. The predicted octanol–water partition coefficient (Wildman–Crippen LogP) is 1.47. The number of halogens is 1. The average molecular weight is 259 g/mol. The molecule has 1 aromatic heterocycles. The van der Waals surface area contributed by atoms with Crippen LogP contribution in [0.5, 0.6) is 0 Å². The normalized spacial score (nSPS) is 23.8. The van der Waals surface area contributed by atoms with E-state index in [2.05, 4.69) is 19.4 Å². The lowest BCUT2D eigenvalue weighted by molar-refractivity contribution is 0.120. The molecule has 0 bridgehead atoms. The fraction of sp³-hybridized carbons (Fsp3) is 0.800. The molecule has 6 heteroatoms. The second-order valence-electron chi connectivity index (χ2n) is 4.54. The van der Waals surface area contributed by atoms with Crippen LogP contribution in [0.1, 0.15) is 18.5 Å². The summed E-state index contributed by atoms with van der Waals surface area (Å²) in [5.41, 5.74) is 0.937. The van der Waals surface area contributed by atoms with E-state index in [1.165, 1.54) is 37.5 Å². The van der Waals surface area contributed by atoms with E-state index in [0.717, 1.165) is 35.7 Å². The molecule has 1 aliphatic carbocycles. The van der Waals surface area contributed by atoms with E-state index in [1.807, 2.05) is 0 Å². The summed E-state index contributed by atoms with van der Waals surface area (Å²) in [6.45, 7) is 5.50. The summed E-state index contributed by atoms with van der Waals surface area (Å²) in [6.07, 6.45) is 2.81. The Morgan fingerprint density at radius 1 is 1.25 bits per heavy atom. The van der Waals surface area contributed by atoms with Crippen molar-refractivity contribution in [3.63, 3.8) is 0 Å². The van der Waals surface area contributed by atoms with Crippen LogP contribution in [0.15, 0.2) is 0 Å². The molecule has 1 saturated heterocycles. The molecule has 0 aromatic carbocycles. The van der Waals surface area contributed by atoms with Gasteiger partial charge in [-0.3, -0.25) is 9.80 Å². The number of nitrogens with zero attached hydrogens (tertiary/aromatic N) is 4. The van der Waals surface area contributed by atoms with Crippen molar-refractivity contribution in [3.8, 4) is 0 Å². The highest BCUT2D eigenvalue weighted by Gasteiger charge is 2.31. The van der Waals surface area contributed by atoms with E-state index in [9.17, 15) is 0 Å². The van der Waals surface area contributed by atoms with Gasteiger partial charge in [0.2, 0.25) is 0 Å². The van der Waals surface area contributed by atoms with Crippen LogP contribution in [-0.4, -0.2) is 51.6 Å². The van der Waals surface area contributed by atoms with Gasteiger partial charge in [0.1, 0.15) is 10.0 Å². The van der Waals surface area contributed by atoms with Crippen molar-refractivity contribution >= 4 is 23.1 Å². The SMILES string of the molecule is Clc1snnc1CN1CCN(C2CC2)CC1. The quantitative estimate of drug-likeness (QED) is 0.822. The van der Waals surface area contributed by atoms with Crippen molar-refractivity contribution < 1.29 is 0 Å². The van der Waals surface area contributed by atoms with Gasteiger partial charge in [-0.1, -0.05) is 16.1 Å². The molecule has 0 radical (unpaired) electrons. The smallest absolute Gasteiger partial charge is 0.138 e. The molecule has 2 fully saturated rings. The van der Waals surface area contributed by atoms with Crippen LogP contribution in [0.2, 0.25) is 4.34 Å². The Labute approximate surface area is 104 Å². The Bertz CT molecular complexity index is 357. The molecule has 0 N–H and O–H groups in total. The lowest BCUT2D eigenvalue weighted by Crippen LogP contribution is -2.46. The molecule has 16 heavy (non-hydrogen) atoms. The molecule has 2 heterocycles. The summed E-state index contributed by atoms with van der Waals surface area (Å²) >= 11 is 7.28. The molecule has 0 unspecified atom stereocenters. The molecule has 1 aromatic rings. The minimum atomic E-state index is 0.740. The van der Waals surface area contributed by atoms with Gasteiger partial charge in [0, 0.05) is 50.3 Å². The van der Waals surface area contributed by atoms with E-state index < -0.39 is 0 Å². The second kappa shape index (κ2) is 4.56.